The van der Waals surface area contributed by atoms with Gasteiger partial charge in [0.2, 0.25) is 0 Å². The van der Waals surface area contributed by atoms with Crippen LogP contribution in [-0.2, 0) is 4.79 Å². The zero-order chi connectivity index (χ0) is 13.7. The quantitative estimate of drug-likeness (QED) is 0.682. The largest absolute Gasteiger partial charge is 0.489 e. The van der Waals surface area contributed by atoms with Crippen LogP contribution in [0.3, 0.4) is 0 Å². The average molecular weight is 281 g/mol. The number of carbonyl (C=O) groups is 1. The fourth-order valence-corrected chi connectivity index (χ4v) is 1.93. The molecule has 4 nitrogen and oxygen atoms in total. The van der Waals surface area contributed by atoms with Crippen molar-refractivity contribution in [3.8, 4) is 11.5 Å². The van der Waals surface area contributed by atoms with Crippen molar-refractivity contribution in [3.63, 3.8) is 0 Å². The molecule has 1 aromatic carbocycles. The van der Waals surface area contributed by atoms with Crippen LogP contribution in [0.25, 0.3) is 6.08 Å². The molecule has 0 saturated heterocycles. The molecule has 0 unspecified atom stereocenters. The molecule has 19 heavy (non-hydrogen) atoms. The number of ether oxygens (including phenoxy) is 2. The van der Waals surface area contributed by atoms with Gasteiger partial charge in [-0.05, 0) is 17.7 Å². The summed E-state index contributed by atoms with van der Waals surface area (Å²) in [6.07, 6.45) is 6.70. The van der Waals surface area contributed by atoms with E-state index in [1.165, 1.54) is 6.08 Å². The molecular formula is C14H13ClO4. The van der Waals surface area contributed by atoms with Crippen molar-refractivity contribution in [2.24, 2.45) is 0 Å². The molecule has 2 rings (SSSR count). The zero-order valence-corrected chi connectivity index (χ0v) is 10.9. The molecule has 100 valence electrons. The molecule has 0 bridgehead atoms. The van der Waals surface area contributed by atoms with Gasteiger partial charge in [0.1, 0.15) is 0 Å². The van der Waals surface area contributed by atoms with E-state index in [0.717, 1.165) is 18.1 Å². The fourth-order valence-electron chi connectivity index (χ4n) is 1.65. The van der Waals surface area contributed by atoms with Crippen LogP contribution in [0.4, 0.5) is 0 Å². The number of carboxylic acids is 1. The van der Waals surface area contributed by atoms with Gasteiger partial charge in [-0.1, -0.05) is 29.8 Å². The van der Waals surface area contributed by atoms with Gasteiger partial charge < -0.3 is 14.6 Å². The molecule has 0 fully saturated rings. The monoisotopic (exact) mass is 280 g/mol. The lowest BCUT2D eigenvalue weighted by Crippen LogP contribution is -1.97. The molecule has 0 aromatic heterocycles. The summed E-state index contributed by atoms with van der Waals surface area (Å²) in [5.41, 5.74) is 0.823. The number of allylic oxidation sites excluding steroid dienone is 2. The maximum atomic E-state index is 10.3. The zero-order valence-electron chi connectivity index (χ0n) is 10.1. The first-order valence-corrected chi connectivity index (χ1v) is 6.21. The van der Waals surface area contributed by atoms with E-state index in [4.69, 9.17) is 26.2 Å². The summed E-state index contributed by atoms with van der Waals surface area (Å²) in [6, 6.07) is 3.57. The molecule has 0 spiro atoms. The van der Waals surface area contributed by atoms with Crippen LogP contribution in [0.1, 0.15) is 12.0 Å². The Labute approximate surface area is 115 Å². The number of carboxylic acid groups (broad SMARTS) is 1. The Morgan fingerprint density at radius 2 is 2.05 bits per heavy atom. The van der Waals surface area contributed by atoms with Crippen LogP contribution in [-0.4, -0.2) is 24.3 Å². The first-order chi connectivity index (χ1) is 9.16. The number of hydrogen-bond donors (Lipinski definition) is 1. The number of aliphatic carboxylic acids is 1. The summed E-state index contributed by atoms with van der Waals surface area (Å²) >= 11 is 6.13. The van der Waals surface area contributed by atoms with Crippen LogP contribution in [0.5, 0.6) is 11.5 Å². The Kier molecular flexibility index (Phi) is 4.47. The first-order valence-electron chi connectivity index (χ1n) is 5.83. The van der Waals surface area contributed by atoms with Gasteiger partial charge in [0.15, 0.2) is 11.5 Å². The van der Waals surface area contributed by atoms with E-state index in [0.29, 0.717) is 29.7 Å². The van der Waals surface area contributed by atoms with Gasteiger partial charge in [-0.3, -0.25) is 0 Å². The Bertz CT molecular complexity index is 534. The SMILES string of the molecule is O=C(O)C=CC=Cc1cc(Cl)c2c(c1)OCCCO2. The molecule has 1 aliphatic rings. The van der Waals surface area contributed by atoms with E-state index >= 15 is 0 Å². The number of fused-ring (bicyclic) bond motifs is 1. The molecule has 1 aromatic rings. The summed E-state index contributed by atoms with van der Waals surface area (Å²) in [5.74, 6) is 0.200. The highest BCUT2D eigenvalue weighted by Crippen LogP contribution is 2.38. The lowest BCUT2D eigenvalue weighted by molar-refractivity contribution is -0.131. The predicted molar refractivity (Wildman–Crippen MR) is 72.9 cm³/mol. The van der Waals surface area contributed by atoms with Crippen molar-refractivity contribution in [2.45, 2.75) is 6.42 Å². The minimum atomic E-state index is -0.985. The second kappa shape index (κ2) is 6.29. The highest BCUT2D eigenvalue weighted by molar-refractivity contribution is 6.32. The summed E-state index contributed by atoms with van der Waals surface area (Å²) in [7, 11) is 0. The third kappa shape index (κ3) is 3.76. The van der Waals surface area contributed by atoms with Gasteiger partial charge in [0, 0.05) is 12.5 Å². The minimum Gasteiger partial charge on any atom is -0.489 e. The van der Waals surface area contributed by atoms with Crippen LogP contribution in [0, 0.1) is 0 Å². The van der Waals surface area contributed by atoms with Crippen molar-refractivity contribution < 1.29 is 19.4 Å². The van der Waals surface area contributed by atoms with Gasteiger partial charge in [-0.15, -0.1) is 0 Å². The van der Waals surface area contributed by atoms with Crippen LogP contribution >= 0.6 is 11.6 Å². The van der Waals surface area contributed by atoms with Gasteiger partial charge >= 0.3 is 5.97 Å². The van der Waals surface area contributed by atoms with Gasteiger partial charge in [-0.2, -0.15) is 0 Å². The number of hydrogen-bond acceptors (Lipinski definition) is 3. The number of halogens is 1. The van der Waals surface area contributed by atoms with Crippen molar-refractivity contribution in [3.05, 3.63) is 40.9 Å². The average Bonchev–Trinajstić information content (AvgIpc) is 2.60. The third-order valence-electron chi connectivity index (χ3n) is 2.46. The topological polar surface area (TPSA) is 55.8 Å². The molecule has 1 heterocycles. The molecule has 0 radical (unpaired) electrons. The van der Waals surface area contributed by atoms with Gasteiger partial charge in [0.05, 0.1) is 18.2 Å². The smallest absolute Gasteiger partial charge is 0.328 e. The Morgan fingerprint density at radius 1 is 1.26 bits per heavy atom. The summed E-state index contributed by atoms with van der Waals surface area (Å²) in [5, 5.41) is 8.95. The van der Waals surface area contributed by atoms with Crippen LogP contribution in [0.15, 0.2) is 30.4 Å². The Balaban J connectivity index is 2.21. The molecule has 1 N–H and O–H groups in total. The van der Waals surface area contributed by atoms with Crippen molar-refractivity contribution in [2.75, 3.05) is 13.2 Å². The van der Waals surface area contributed by atoms with E-state index in [-0.39, 0.29) is 0 Å². The van der Waals surface area contributed by atoms with Gasteiger partial charge in [-0.25, -0.2) is 4.79 Å². The van der Waals surface area contributed by atoms with Crippen molar-refractivity contribution in [1.82, 2.24) is 0 Å². The number of benzene rings is 1. The predicted octanol–water partition coefficient (Wildman–Crippen LogP) is 3.16. The second-order valence-corrected chi connectivity index (χ2v) is 4.34. The third-order valence-corrected chi connectivity index (χ3v) is 2.74. The van der Waals surface area contributed by atoms with Crippen LogP contribution in [0.2, 0.25) is 5.02 Å². The molecule has 0 saturated carbocycles. The maximum Gasteiger partial charge on any atom is 0.328 e. The summed E-state index contributed by atoms with van der Waals surface area (Å²) < 4.78 is 11.1. The van der Waals surface area contributed by atoms with Gasteiger partial charge in [0.25, 0.3) is 0 Å². The first kappa shape index (κ1) is 13.5. The number of rotatable bonds is 3. The molecule has 0 amide bonds. The second-order valence-electron chi connectivity index (χ2n) is 3.94. The highest BCUT2D eigenvalue weighted by Gasteiger charge is 2.14. The minimum absolute atomic E-state index is 0.487. The molecular weight excluding hydrogens is 268 g/mol. The fraction of sp³-hybridized carbons (Fsp3) is 0.214. The Morgan fingerprint density at radius 3 is 2.84 bits per heavy atom. The van der Waals surface area contributed by atoms with Crippen LogP contribution < -0.4 is 9.47 Å². The molecule has 0 atom stereocenters. The van der Waals surface area contributed by atoms with Crippen molar-refractivity contribution >= 4 is 23.6 Å². The van der Waals surface area contributed by atoms with E-state index in [9.17, 15) is 4.79 Å². The summed E-state index contributed by atoms with van der Waals surface area (Å²) in [6.45, 7) is 1.18. The normalized spacial score (nSPS) is 14.8. The lowest BCUT2D eigenvalue weighted by atomic mass is 10.2. The molecule has 0 aliphatic carbocycles. The van der Waals surface area contributed by atoms with Crippen molar-refractivity contribution in [1.29, 1.82) is 0 Å². The molecule has 5 heteroatoms. The maximum absolute atomic E-state index is 10.3. The standard InChI is InChI=1S/C14H13ClO4/c15-11-8-10(4-1-2-5-13(16)17)9-12-14(11)19-7-3-6-18-12/h1-2,4-5,8-9H,3,6-7H2,(H,16,17). The highest BCUT2D eigenvalue weighted by atomic mass is 35.5. The van der Waals surface area contributed by atoms with E-state index in [1.54, 1.807) is 18.2 Å². The van der Waals surface area contributed by atoms with E-state index in [1.807, 2.05) is 6.07 Å². The van der Waals surface area contributed by atoms with E-state index < -0.39 is 5.97 Å². The summed E-state index contributed by atoms with van der Waals surface area (Å²) in [4.78, 5) is 10.3. The van der Waals surface area contributed by atoms with E-state index in [2.05, 4.69) is 0 Å². The lowest BCUT2D eigenvalue weighted by Gasteiger charge is -2.09. The molecule has 1 aliphatic heterocycles. The Hall–Kier alpha value is -1.94.